The van der Waals surface area contributed by atoms with E-state index in [1.807, 2.05) is 12.1 Å². The number of amides is 1. The van der Waals surface area contributed by atoms with Crippen LogP contribution in [0.4, 0.5) is 0 Å². The molecule has 0 aromatic heterocycles. The van der Waals surface area contributed by atoms with Crippen LogP contribution in [0.5, 0.6) is 0 Å². The van der Waals surface area contributed by atoms with Gasteiger partial charge in [0.1, 0.15) is 0 Å². The van der Waals surface area contributed by atoms with Crippen molar-refractivity contribution in [2.75, 3.05) is 6.54 Å². The van der Waals surface area contributed by atoms with E-state index in [9.17, 15) is 4.79 Å². The van der Waals surface area contributed by atoms with Crippen molar-refractivity contribution in [2.24, 2.45) is 5.92 Å². The van der Waals surface area contributed by atoms with Gasteiger partial charge in [-0.25, -0.2) is 0 Å². The Balaban J connectivity index is 1.81. The molecule has 2 nitrogen and oxygen atoms in total. The molecule has 1 fully saturated rings. The number of hydrogen-bond donors (Lipinski definition) is 2. The van der Waals surface area contributed by atoms with Crippen molar-refractivity contribution >= 4 is 34.5 Å². The lowest BCUT2D eigenvalue weighted by atomic mass is 10.2. The van der Waals surface area contributed by atoms with Crippen LogP contribution in [0.1, 0.15) is 36.0 Å². The average Bonchev–Trinajstić information content (AvgIpc) is 3.08. The molecule has 1 aromatic rings. The fraction of sp³-hybridized carbons (Fsp3) is 0.462. The van der Waals surface area contributed by atoms with Crippen LogP contribution in [0, 0.1) is 5.92 Å². The molecular weight excluding hydrogens is 298 g/mol. The van der Waals surface area contributed by atoms with Gasteiger partial charge in [-0.05, 0) is 37.0 Å². The van der Waals surface area contributed by atoms with Gasteiger partial charge in [-0.1, -0.05) is 28.8 Å². The molecular formula is C13H16BrNOS. The Morgan fingerprint density at radius 3 is 2.88 bits per heavy atom. The van der Waals surface area contributed by atoms with Crippen molar-refractivity contribution in [1.29, 1.82) is 0 Å². The molecule has 2 rings (SSSR count). The van der Waals surface area contributed by atoms with Gasteiger partial charge in [0.25, 0.3) is 5.91 Å². The molecule has 0 unspecified atom stereocenters. The van der Waals surface area contributed by atoms with Crippen LogP contribution in [-0.4, -0.2) is 12.5 Å². The predicted octanol–water partition coefficient (Wildman–Crippen LogP) is 3.66. The van der Waals surface area contributed by atoms with E-state index >= 15 is 0 Å². The van der Waals surface area contributed by atoms with E-state index in [1.165, 1.54) is 19.3 Å². The summed E-state index contributed by atoms with van der Waals surface area (Å²) in [5, 5.41) is 2.94. The van der Waals surface area contributed by atoms with Crippen molar-refractivity contribution < 1.29 is 4.79 Å². The second-order valence-corrected chi connectivity index (χ2v) is 5.90. The highest BCUT2D eigenvalue weighted by Gasteiger charge is 2.20. The summed E-state index contributed by atoms with van der Waals surface area (Å²) in [5.41, 5.74) is 0.642. The highest BCUT2D eigenvalue weighted by molar-refractivity contribution is 9.10. The molecule has 0 saturated heterocycles. The van der Waals surface area contributed by atoms with E-state index in [4.69, 9.17) is 0 Å². The van der Waals surface area contributed by atoms with Crippen LogP contribution < -0.4 is 5.32 Å². The third-order valence-corrected chi connectivity index (χ3v) is 3.84. The maximum Gasteiger partial charge on any atom is 0.252 e. The molecule has 1 N–H and O–H groups in total. The standard InChI is InChI=1S/C13H16BrNOS/c14-10-5-6-11(12(17)8-10)13(16)15-7-1-2-9-3-4-9/h5-6,8-9,17H,1-4,7H2,(H,15,16). The Morgan fingerprint density at radius 1 is 1.47 bits per heavy atom. The van der Waals surface area contributed by atoms with Gasteiger partial charge in [-0.15, -0.1) is 12.6 Å². The number of benzene rings is 1. The molecule has 1 saturated carbocycles. The quantitative estimate of drug-likeness (QED) is 0.630. The maximum atomic E-state index is 11.9. The summed E-state index contributed by atoms with van der Waals surface area (Å²) in [6.07, 6.45) is 5.08. The average molecular weight is 314 g/mol. The Labute approximate surface area is 116 Å². The smallest absolute Gasteiger partial charge is 0.252 e. The molecule has 0 aliphatic heterocycles. The maximum absolute atomic E-state index is 11.9. The lowest BCUT2D eigenvalue weighted by Crippen LogP contribution is -2.24. The first-order chi connectivity index (χ1) is 8.16. The second kappa shape index (κ2) is 5.91. The van der Waals surface area contributed by atoms with E-state index in [0.717, 1.165) is 23.4 Å². The summed E-state index contributed by atoms with van der Waals surface area (Å²) in [6.45, 7) is 0.763. The summed E-state index contributed by atoms with van der Waals surface area (Å²) in [6, 6.07) is 5.49. The number of carbonyl (C=O) groups excluding carboxylic acids is 1. The van der Waals surface area contributed by atoms with Crippen LogP contribution in [0.2, 0.25) is 0 Å². The third kappa shape index (κ3) is 4.03. The summed E-state index contributed by atoms with van der Waals surface area (Å²) < 4.78 is 0.938. The van der Waals surface area contributed by atoms with Crippen molar-refractivity contribution in [1.82, 2.24) is 5.32 Å². The zero-order chi connectivity index (χ0) is 12.3. The summed E-state index contributed by atoms with van der Waals surface area (Å²) in [4.78, 5) is 12.6. The van der Waals surface area contributed by atoms with E-state index in [0.29, 0.717) is 10.5 Å². The Morgan fingerprint density at radius 2 is 2.24 bits per heavy atom. The van der Waals surface area contributed by atoms with E-state index in [1.54, 1.807) is 6.07 Å². The van der Waals surface area contributed by atoms with Gasteiger partial charge in [0.2, 0.25) is 0 Å². The fourth-order valence-corrected chi connectivity index (χ4v) is 2.64. The molecule has 1 aliphatic carbocycles. The molecule has 0 atom stereocenters. The van der Waals surface area contributed by atoms with Gasteiger partial charge in [0.05, 0.1) is 5.56 Å². The number of rotatable bonds is 5. The fourth-order valence-electron chi connectivity index (χ4n) is 1.79. The zero-order valence-electron chi connectivity index (χ0n) is 9.58. The lowest BCUT2D eigenvalue weighted by molar-refractivity contribution is 0.0950. The van der Waals surface area contributed by atoms with Crippen LogP contribution in [0.25, 0.3) is 0 Å². The molecule has 0 spiro atoms. The van der Waals surface area contributed by atoms with Crippen LogP contribution in [-0.2, 0) is 0 Å². The number of halogens is 1. The first kappa shape index (κ1) is 13.0. The SMILES string of the molecule is O=C(NCCCC1CC1)c1ccc(Br)cc1S. The Kier molecular flexibility index (Phi) is 4.51. The monoisotopic (exact) mass is 313 g/mol. The predicted molar refractivity (Wildman–Crippen MR) is 75.7 cm³/mol. The van der Waals surface area contributed by atoms with Gasteiger partial charge in [-0.2, -0.15) is 0 Å². The minimum Gasteiger partial charge on any atom is -0.352 e. The van der Waals surface area contributed by atoms with Gasteiger partial charge in [0, 0.05) is 15.9 Å². The zero-order valence-corrected chi connectivity index (χ0v) is 12.1. The van der Waals surface area contributed by atoms with Gasteiger partial charge in [0.15, 0.2) is 0 Å². The first-order valence-electron chi connectivity index (χ1n) is 5.93. The van der Waals surface area contributed by atoms with Gasteiger partial charge < -0.3 is 5.32 Å². The Hall–Kier alpha value is -0.480. The van der Waals surface area contributed by atoms with Crippen molar-refractivity contribution in [2.45, 2.75) is 30.6 Å². The molecule has 1 aromatic carbocycles. The number of carbonyl (C=O) groups is 1. The number of hydrogen-bond acceptors (Lipinski definition) is 2. The minimum atomic E-state index is -0.0294. The number of nitrogens with one attached hydrogen (secondary N) is 1. The van der Waals surface area contributed by atoms with Crippen molar-refractivity contribution in [3.8, 4) is 0 Å². The second-order valence-electron chi connectivity index (χ2n) is 4.50. The molecule has 17 heavy (non-hydrogen) atoms. The van der Waals surface area contributed by atoms with Crippen molar-refractivity contribution in [3.63, 3.8) is 0 Å². The molecule has 0 bridgehead atoms. The molecule has 4 heteroatoms. The van der Waals surface area contributed by atoms with Crippen LogP contribution >= 0.6 is 28.6 Å². The van der Waals surface area contributed by atoms with Crippen LogP contribution in [0.15, 0.2) is 27.6 Å². The van der Waals surface area contributed by atoms with Gasteiger partial charge >= 0.3 is 0 Å². The number of thiol groups is 1. The van der Waals surface area contributed by atoms with Crippen molar-refractivity contribution in [3.05, 3.63) is 28.2 Å². The molecule has 1 amide bonds. The summed E-state index contributed by atoms with van der Waals surface area (Å²) in [5.74, 6) is 0.901. The Bertz CT molecular complexity index is 418. The minimum absolute atomic E-state index is 0.0294. The highest BCUT2D eigenvalue weighted by Crippen LogP contribution is 2.33. The van der Waals surface area contributed by atoms with E-state index in [2.05, 4.69) is 33.9 Å². The third-order valence-electron chi connectivity index (χ3n) is 2.98. The molecule has 92 valence electrons. The largest absolute Gasteiger partial charge is 0.352 e. The molecule has 0 heterocycles. The normalized spacial score (nSPS) is 14.7. The topological polar surface area (TPSA) is 29.1 Å². The van der Waals surface area contributed by atoms with E-state index in [-0.39, 0.29) is 5.91 Å². The van der Waals surface area contributed by atoms with Gasteiger partial charge in [-0.3, -0.25) is 4.79 Å². The van der Waals surface area contributed by atoms with E-state index < -0.39 is 0 Å². The molecule has 0 radical (unpaired) electrons. The highest BCUT2D eigenvalue weighted by atomic mass is 79.9. The summed E-state index contributed by atoms with van der Waals surface area (Å²) >= 11 is 7.66. The summed E-state index contributed by atoms with van der Waals surface area (Å²) in [7, 11) is 0. The first-order valence-corrected chi connectivity index (χ1v) is 7.17. The lowest BCUT2D eigenvalue weighted by Gasteiger charge is -2.07. The van der Waals surface area contributed by atoms with Crippen LogP contribution in [0.3, 0.4) is 0 Å². The molecule has 1 aliphatic rings.